The molecular weight excluding hydrogens is 278 g/mol. The first-order chi connectivity index (χ1) is 10.7. The minimum Gasteiger partial charge on any atom is -0.468 e. The largest absolute Gasteiger partial charge is 0.468 e. The Balaban J connectivity index is 1.90. The second-order valence-electron chi connectivity index (χ2n) is 5.56. The first-order valence-corrected chi connectivity index (χ1v) is 7.27. The molecule has 3 rings (SSSR count). The molecule has 22 heavy (non-hydrogen) atoms. The number of benzene rings is 1. The van der Waals surface area contributed by atoms with Gasteiger partial charge in [-0.15, -0.1) is 0 Å². The van der Waals surface area contributed by atoms with Crippen LogP contribution in [-0.4, -0.2) is 22.6 Å². The normalized spacial score (nSPS) is 22.8. The molecule has 0 spiro atoms. The van der Waals surface area contributed by atoms with Crippen LogP contribution in [0, 0.1) is 17.2 Å². The van der Waals surface area contributed by atoms with Gasteiger partial charge in [0.25, 0.3) is 0 Å². The van der Waals surface area contributed by atoms with Gasteiger partial charge >= 0.3 is 5.97 Å². The summed E-state index contributed by atoms with van der Waals surface area (Å²) in [4.78, 5) is 16.7. The number of para-hydroxylation sites is 1. The van der Waals surface area contributed by atoms with Crippen molar-refractivity contribution in [1.29, 1.82) is 5.26 Å². The molecule has 0 saturated heterocycles. The molecule has 0 unspecified atom stereocenters. The molecule has 1 heterocycles. The molecule has 1 saturated carbocycles. The molecule has 0 amide bonds. The van der Waals surface area contributed by atoms with Gasteiger partial charge in [-0.2, -0.15) is 5.26 Å². The number of carbonyl (C=O) groups is 1. The van der Waals surface area contributed by atoms with Crippen molar-refractivity contribution < 1.29 is 9.53 Å². The van der Waals surface area contributed by atoms with Gasteiger partial charge in [-0.1, -0.05) is 18.2 Å². The predicted octanol–water partition coefficient (Wildman–Crippen LogP) is 2.61. The minimum atomic E-state index is -0.675. The standard InChI is InChI=1S/C17H17N3O2/c1-22-16(21)17(10-13(17)6-5-9-18)15-11-20(12-19-15)14-7-3-2-4-8-14/h2-4,7-8,11-13H,5-6,10H2,1H3/t13-,17+/m0/s1. The molecular formula is C17H17N3O2. The summed E-state index contributed by atoms with van der Waals surface area (Å²) in [6.07, 6.45) is 5.45. The topological polar surface area (TPSA) is 67.9 Å². The van der Waals surface area contributed by atoms with Gasteiger partial charge in [-0.25, -0.2) is 4.98 Å². The summed E-state index contributed by atoms with van der Waals surface area (Å²) < 4.78 is 6.89. The van der Waals surface area contributed by atoms with Crippen LogP contribution in [0.15, 0.2) is 42.9 Å². The number of ether oxygens (including phenoxy) is 1. The molecule has 2 aromatic rings. The van der Waals surface area contributed by atoms with E-state index in [2.05, 4.69) is 11.1 Å². The van der Waals surface area contributed by atoms with Crippen molar-refractivity contribution in [2.75, 3.05) is 7.11 Å². The highest BCUT2D eigenvalue weighted by atomic mass is 16.5. The van der Waals surface area contributed by atoms with E-state index in [1.807, 2.05) is 41.1 Å². The highest BCUT2D eigenvalue weighted by molar-refractivity contribution is 5.86. The fourth-order valence-corrected chi connectivity index (χ4v) is 3.06. The zero-order chi connectivity index (χ0) is 15.6. The number of nitriles is 1. The lowest BCUT2D eigenvalue weighted by Crippen LogP contribution is -2.25. The van der Waals surface area contributed by atoms with Crippen molar-refractivity contribution in [3.8, 4) is 11.8 Å². The molecule has 2 atom stereocenters. The molecule has 5 nitrogen and oxygen atoms in total. The Bertz CT molecular complexity index is 717. The van der Waals surface area contributed by atoms with Crippen LogP contribution in [0.4, 0.5) is 0 Å². The van der Waals surface area contributed by atoms with E-state index in [-0.39, 0.29) is 11.9 Å². The Morgan fingerprint density at radius 1 is 1.50 bits per heavy atom. The van der Waals surface area contributed by atoms with E-state index in [4.69, 9.17) is 10.00 Å². The highest BCUT2D eigenvalue weighted by Crippen LogP contribution is 2.56. The Hall–Kier alpha value is -2.61. The van der Waals surface area contributed by atoms with Crippen molar-refractivity contribution >= 4 is 5.97 Å². The molecule has 0 bridgehead atoms. The van der Waals surface area contributed by atoms with Crippen molar-refractivity contribution in [2.45, 2.75) is 24.7 Å². The molecule has 1 aromatic carbocycles. The fourth-order valence-electron chi connectivity index (χ4n) is 3.06. The molecule has 1 fully saturated rings. The third kappa shape index (κ3) is 2.27. The van der Waals surface area contributed by atoms with Crippen LogP contribution in [-0.2, 0) is 14.9 Å². The zero-order valence-corrected chi connectivity index (χ0v) is 12.4. The summed E-state index contributed by atoms with van der Waals surface area (Å²) in [5.74, 6) is -0.118. The number of hydrogen-bond donors (Lipinski definition) is 0. The van der Waals surface area contributed by atoms with Crippen molar-refractivity contribution in [2.24, 2.45) is 5.92 Å². The van der Waals surface area contributed by atoms with Crippen molar-refractivity contribution in [1.82, 2.24) is 9.55 Å². The maximum Gasteiger partial charge on any atom is 0.318 e. The molecule has 0 N–H and O–H groups in total. The number of aromatic nitrogens is 2. The summed E-state index contributed by atoms with van der Waals surface area (Å²) in [7, 11) is 1.40. The molecule has 1 aliphatic carbocycles. The SMILES string of the molecule is COC(=O)[C@]1(c2cn(-c3ccccc3)cn2)C[C@@H]1CCC#N. The molecule has 0 aliphatic heterocycles. The number of carbonyl (C=O) groups excluding carboxylic acids is 1. The van der Waals surface area contributed by atoms with Gasteiger partial charge in [0.15, 0.2) is 0 Å². The van der Waals surface area contributed by atoms with Gasteiger partial charge in [-0.05, 0) is 30.9 Å². The lowest BCUT2D eigenvalue weighted by molar-refractivity contribution is -0.144. The molecule has 112 valence electrons. The highest BCUT2D eigenvalue weighted by Gasteiger charge is 2.63. The number of imidazole rings is 1. The van der Waals surface area contributed by atoms with E-state index in [1.54, 1.807) is 6.33 Å². The van der Waals surface area contributed by atoms with E-state index < -0.39 is 5.41 Å². The lowest BCUT2D eigenvalue weighted by atomic mass is 9.98. The second-order valence-corrected chi connectivity index (χ2v) is 5.56. The average molecular weight is 295 g/mol. The van der Waals surface area contributed by atoms with Gasteiger partial charge in [0.1, 0.15) is 5.41 Å². The number of methoxy groups -OCH3 is 1. The Labute approximate surface area is 129 Å². The van der Waals surface area contributed by atoms with Crippen LogP contribution < -0.4 is 0 Å². The summed E-state index contributed by atoms with van der Waals surface area (Å²) >= 11 is 0. The smallest absolute Gasteiger partial charge is 0.318 e. The third-order valence-corrected chi connectivity index (χ3v) is 4.35. The van der Waals surface area contributed by atoms with Crippen LogP contribution in [0.25, 0.3) is 5.69 Å². The predicted molar refractivity (Wildman–Crippen MR) is 80.2 cm³/mol. The van der Waals surface area contributed by atoms with Gasteiger partial charge < -0.3 is 9.30 Å². The van der Waals surface area contributed by atoms with Crippen molar-refractivity contribution in [3.05, 3.63) is 48.5 Å². The molecule has 0 radical (unpaired) electrons. The van der Waals surface area contributed by atoms with Crippen LogP contribution in [0.2, 0.25) is 0 Å². The summed E-state index contributed by atoms with van der Waals surface area (Å²) in [6.45, 7) is 0. The van der Waals surface area contributed by atoms with Crippen molar-refractivity contribution in [3.63, 3.8) is 0 Å². The number of nitrogens with zero attached hydrogens (tertiary/aromatic N) is 3. The number of esters is 1. The summed E-state index contributed by atoms with van der Waals surface area (Å²) in [6, 6.07) is 12.0. The van der Waals surface area contributed by atoms with Crippen LogP contribution in [0.3, 0.4) is 0 Å². The minimum absolute atomic E-state index is 0.138. The maximum absolute atomic E-state index is 12.3. The summed E-state index contributed by atoms with van der Waals surface area (Å²) in [5, 5.41) is 8.75. The first kappa shape index (κ1) is 14.3. The van der Waals surface area contributed by atoms with E-state index in [9.17, 15) is 4.79 Å². The molecule has 1 aromatic heterocycles. The maximum atomic E-state index is 12.3. The van der Waals surface area contributed by atoms with E-state index in [0.29, 0.717) is 19.3 Å². The van der Waals surface area contributed by atoms with Gasteiger partial charge in [0.05, 0.1) is 25.2 Å². The Kier molecular flexibility index (Phi) is 3.68. The number of hydrogen-bond acceptors (Lipinski definition) is 4. The number of rotatable bonds is 5. The zero-order valence-electron chi connectivity index (χ0n) is 12.4. The van der Waals surface area contributed by atoms with Crippen LogP contribution >= 0.6 is 0 Å². The van der Waals surface area contributed by atoms with E-state index >= 15 is 0 Å². The van der Waals surface area contributed by atoms with Gasteiger partial charge in [0, 0.05) is 18.3 Å². The summed E-state index contributed by atoms with van der Waals surface area (Å²) in [5.41, 5.74) is 1.05. The van der Waals surface area contributed by atoms with E-state index in [0.717, 1.165) is 11.4 Å². The quantitative estimate of drug-likeness (QED) is 0.795. The van der Waals surface area contributed by atoms with Crippen LogP contribution in [0.1, 0.15) is 25.0 Å². The third-order valence-electron chi connectivity index (χ3n) is 4.35. The molecule has 1 aliphatic rings. The molecule has 5 heteroatoms. The fraction of sp³-hybridized carbons (Fsp3) is 0.353. The lowest BCUT2D eigenvalue weighted by Gasteiger charge is -2.12. The van der Waals surface area contributed by atoms with Gasteiger partial charge in [-0.3, -0.25) is 4.79 Å². The van der Waals surface area contributed by atoms with E-state index in [1.165, 1.54) is 7.11 Å². The van der Waals surface area contributed by atoms with Crippen LogP contribution in [0.5, 0.6) is 0 Å². The monoisotopic (exact) mass is 295 g/mol. The Morgan fingerprint density at radius 3 is 2.95 bits per heavy atom. The Morgan fingerprint density at radius 2 is 2.27 bits per heavy atom. The second kappa shape index (κ2) is 5.64. The first-order valence-electron chi connectivity index (χ1n) is 7.27. The van der Waals surface area contributed by atoms with Gasteiger partial charge in [0.2, 0.25) is 0 Å². The average Bonchev–Trinajstić information content (AvgIpc) is 3.08.